The molecule has 0 radical (unpaired) electrons. The lowest BCUT2D eigenvalue weighted by Gasteiger charge is -2.34. The van der Waals surface area contributed by atoms with Crippen LogP contribution in [0.1, 0.15) is 38.2 Å². The Bertz CT molecular complexity index is 557. The molecule has 2 saturated carbocycles. The van der Waals surface area contributed by atoms with Crippen molar-refractivity contribution in [1.82, 2.24) is 5.32 Å². The first-order chi connectivity index (χ1) is 10.7. The lowest BCUT2D eigenvalue weighted by atomic mass is 9.72. The first kappa shape index (κ1) is 15.2. The van der Waals surface area contributed by atoms with Gasteiger partial charge in [0.05, 0.1) is 6.61 Å². The molecular weight excluding hydrogens is 278 g/mol. The lowest BCUT2D eigenvalue weighted by Crippen LogP contribution is -2.49. The predicted molar refractivity (Wildman–Crippen MR) is 83.1 cm³/mol. The molecule has 1 aromatic rings. The highest BCUT2D eigenvalue weighted by Gasteiger charge is 2.58. The average molecular weight is 301 g/mol. The van der Waals surface area contributed by atoms with Crippen LogP contribution in [0.4, 0.5) is 0 Å². The van der Waals surface area contributed by atoms with Gasteiger partial charge in [-0.3, -0.25) is 9.59 Å². The van der Waals surface area contributed by atoms with Gasteiger partial charge in [-0.25, -0.2) is 0 Å². The number of carbonyl (C=O) groups excluding carboxylic acids is 2. The van der Waals surface area contributed by atoms with Crippen LogP contribution in [0.3, 0.4) is 0 Å². The number of nitrogens with one attached hydrogen (secondary N) is 1. The van der Waals surface area contributed by atoms with Gasteiger partial charge in [0, 0.05) is 18.5 Å². The smallest absolute Gasteiger partial charge is 0.319 e. The van der Waals surface area contributed by atoms with Crippen molar-refractivity contribution in [3.8, 4) is 0 Å². The second-order valence-electron chi connectivity index (χ2n) is 6.32. The minimum absolute atomic E-state index is 0.0399. The zero-order chi connectivity index (χ0) is 15.6. The Morgan fingerprint density at radius 2 is 2.00 bits per heavy atom. The Balaban J connectivity index is 1.65. The van der Waals surface area contributed by atoms with Gasteiger partial charge in [0.1, 0.15) is 5.41 Å². The van der Waals surface area contributed by atoms with E-state index in [1.807, 2.05) is 18.2 Å². The number of ether oxygens (including phenoxy) is 1. The fourth-order valence-corrected chi connectivity index (χ4v) is 3.91. The molecule has 3 unspecified atom stereocenters. The molecule has 0 saturated heterocycles. The van der Waals surface area contributed by atoms with Crippen LogP contribution in [0.25, 0.3) is 0 Å². The van der Waals surface area contributed by atoms with Gasteiger partial charge in [0.2, 0.25) is 0 Å². The summed E-state index contributed by atoms with van der Waals surface area (Å²) in [5.41, 5.74) is 0.376. The summed E-state index contributed by atoms with van der Waals surface area (Å²) in [5.74, 6) is -0.242. The van der Waals surface area contributed by atoms with Crippen molar-refractivity contribution in [1.29, 1.82) is 0 Å². The lowest BCUT2D eigenvalue weighted by molar-refractivity contribution is -0.161. The Labute approximate surface area is 131 Å². The van der Waals surface area contributed by atoms with E-state index in [-0.39, 0.29) is 23.7 Å². The van der Waals surface area contributed by atoms with Crippen LogP contribution in [0, 0.1) is 11.3 Å². The Morgan fingerprint density at radius 1 is 1.27 bits per heavy atom. The Hall–Kier alpha value is -1.68. The topological polar surface area (TPSA) is 55.4 Å². The fraction of sp³-hybridized carbons (Fsp3) is 0.556. The van der Waals surface area contributed by atoms with Gasteiger partial charge in [-0.15, -0.1) is 0 Å². The third kappa shape index (κ3) is 2.56. The summed E-state index contributed by atoms with van der Waals surface area (Å²) in [6, 6.07) is 10.4. The van der Waals surface area contributed by atoms with Gasteiger partial charge >= 0.3 is 5.97 Å². The monoisotopic (exact) mass is 301 g/mol. The number of carbonyl (C=O) groups is 2. The van der Waals surface area contributed by atoms with Gasteiger partial charge < -0.3 is 10.1 Å². The van der Waals surface area contributed by atoms with E-state index in [1.54, 1.807) is 6.92 Å². The molecule has 118 valence electrons. The molecule has 3 atom stereocenters. The van der Waals surface area contributed by atoms with Crippen molar-refractivity contribution in [2.24, 2.45) is 11.3 Å². The number of Topliss-reactive ketones (excluding diaryl/α,β-unsaturated/α-hetero) is 1. The van der Waals surface area contributed by atoms with Crippen molar-refractivity contribution in [2.45, 2.75) is 45.2 Å². The third-order valence-electron chi connectivity index (χ3n) is 5.14. The van der Waals surface area contributed by atoms with Crippen molar-refractivity contribution in [3.63, 3.8) is 0 Å². The molecule has 2 aliphatic rings. The molecule has 0 aliphatic heterocycles. The van der Waals surface area contributed by atoms with Gasteiger partial charge in [-0.2, -0.15) is 0 Å². The van der Waals surface area contributed by atoms with E-state index in [4.69, 9.17) is 4.74 Å². The van der Waals surface area contributed by atoms with Gasteiger partial charge in [-0.1, -0.05) is 30.3 Å². The largest absolute Gasteiger partial charge is 0.465 e. The molecule has 0 heterocycles. The molecule has 2 bridgehead atoms. The van der Waals surface area contributed by atoms with E-state index in [2.05, 4.69) is 17.4 Å². The van der Waals surface area contributed by atoms with Crippen LogP contribution in [-0.4, -0.2) is 24.4 Å². The molecule has 0 amide bonds. The second kappa shape index (κ2) is 6.21. The Kier molecular flexibility index (Phi) is 4.30. The molecule has 3 rings (SSSR count). The molecule has 0 aromatic heterocycles. The summed E-state index contributed by atoms with van der Waals surface area (Å²) < 4.78 is 5.16. The number of hydrogen-bond acceptors (Lipinski definition) is 4. The number of benzene rings is 1. The van der Waals surface area contributed by atoms with Crippen molar-refractivity contribution in [3.05, 3.63) is 35.9 Å². The summed E-state index contributed by atoms with van der Waals surface area (Å²) in [6.45, 7) is 2.90. The summed E-state index contributed by atoms with van der Waals surface area (Å²) in [6.07, 6.45) is 2.93. The number of fused-ring (bicyclic) bond motifs is 2. The molecule has 1 N–H and O–H groups in total. The van der Waals surface area contributed by atoms with E-state index in [0.717, 1.165) is 19.4 Å². The zero-order valence-corrected chi connectivity index (χ0v) is 13.0. The fourth-order valence-electron chi connectivity index (χ4n) is 3.91. The molecule has 1 aromatic carbocycles. The summed E-state index contributed by atoms with van der Waals surface area (Å²) in [4.78, 5) is 24.9. The predicted octanol–water partition coefficient (Wildman–Crippen LogP) is 2.47. The maximum atomic E-state index is 12.7. The second-order valence-corrected chi connectivity index (χ2v) is 6.32. The summed E-state index contributed by atoms with van der Waals surface area (Å²) >= 11 is 0. The maximum absolute atomic E-state index is 12.7. The van der Waals surface area contributed by atoms with E-state index in [9.17, 15) is 9.59 Å². The van der Waals surface area contributed by atoms with E-state index < -0.39 is 5.41 Å². The molecular formula is C18H23NO3. The van der Waals surface area contributed by atoms with E-state index in [0.29, 0.717) is 19.4 Å². The van der Waals surface area contributed by atoms with Gasteiger partial charge in [-0.05, 0) is 38.2 Å². The van der Waals surface area contributed by atoms with Crippen LogP contribution < -0.4 is 5.32 Å². The van der Waals surface area contributed by atoms with Crippen molar-refractivity contribution >= 4 is 11.8 Å². The molecule has 2 aliphatic carbocycles. The highest BCUT2D eigenvalue weighted by molar-refractivity contribution is 6.07. The normalized spacial score (nSPS) is 30.3. The van der Waals surface area contributed by atoms with Crippen molar-refractivity contribution in [2.75, 3.05) is 6.61 Å². The average Bonchev–Trinajstić information content (AvgIpc) is 2.76. The molecule has 22 heavy (non-hydrogen) atoms. The van der Waals surface area contributed by atoms with Crippen LogP contribution in [0.15, 0.2) is 30.3 Å². The number of rotatable bonds is 5. The van der Waals surface area contributed by atoms with Crippen LogP contribution in [0.5, 0.6) is 0 Å². The Morgan fingerprint density at radius 3 is 2.73 bits per heavy atom. The highest BCUT2D eigenvalue weighted by Crippen LogP contribution is 2.49. The SMILES string of the molecule is CCOC(=O)C12CCC(NCc3ccccc3)C(CC1)C2=O. The maximum Gasteiger partial charge on any atom is 0.319 e. The highest BCUT2D eigenvalue weighted by atomic mass is 16.5. The molecule has 0 spiro atoms. The zero-order valence-electron chi connectivity index (χ0n) is 13.0. The van der Waals surface area contributed by atoms with Crippen LogP contribution >= 0.6 is 0 Å². The van der Waals surface area contributed by atoms with Crippen LogP contribution in [-0.2, 0) is 20.9 Å². The molecule has 4 heteroatoms. The first-order valence-corrected chi connectivity index (χ1v) is 8.16. The minimum Gasteiger partial charge on any atom is -0.465 e. The van der Waals surface area contributed by atoms with E-state index >= 15 is 0 Å². The molecule has 4 nitrogen and oxygen atoms in total. The van der Waals surface area contributed by atoms with Crippen molar-refractivity contribution < 1.29 is 14.3 Å². The van der Waals surface area contributed by atoms with Crippen LogP contribution in [0.2, 0.25) is 0 Å². The number of ketones is 1. The summed E-state index contributed by atoms with van der Waals surface area (Å²) in [7, 11) is 0. The number of hydrogen-bond donors (Lipinski definition) is 1. The van der Waals surface area contributed by atoms with Gasteiger partial charge in [0.15, 0.2) is 5.78 Å². The van der Waals surface area contributed by atoms with E-state index in [1.165, 1.54) is 5.56 Å². The quantitative estimate of drug-likeness (QED) is 0.670. The number of esters is 1. The summed E-state index contributed by atoms with van der Waals surface area (Å²) in [5, 5.41) is 3.51. The molecule has 2 fully saturated rings. The van der Waals surface area contributed by atoms with Gasteiger partial charge in [0.25, 0.3) is 0 Å². The first-order valence-electron chi connectivity index (χ1n) is 8.16. The standard InChI is InChI=1S/C18H23NO3/c1-2-22-17(21)18-10-8-14(16(18)20)15(9-11-18)19-12-13-6-4-3-5-7-13/h3-7,14-15,19H,2,8-12H2,1H3. The third-order valence-corrected chi connectivity index (χ3v) is 5.14. The minimum atomic E-state index is -0.842.